The number of nitrogens with two attached hydrogens (primary N) is 1. The minimum Gasteiger partial charge on any atom is -0.546 e. The molecule has 0 spiro atoms. The second kappa shape index (κ2) is 12.0. The number of cyclic esters (lactones) is 1. The van der Waals surface area contributed by atoms with Crippen LogP contribution in [0.4, 0.5) is 5.13 Å². The van der Waals surface area contributed by atoms with Crippen LogP contribution in [-0.2, 0) is 38.4 Å². The van der Waals surface area contributed by atoms with Crippen molar-refractivity contribution >= 4 is 51.9 Å². The van der Waals surface area contributed by atoms with E-state index in [4.69, 9.17) is 20.1 Å². The molecule has 2 saturated heterocycles. The minimum absolute atomic E-state index is 0. The molecule has 2 amide bonds. The summed E-state index contributed by atoms with van der Waals surface area (Å²) in [6.45, 7) is 1.76. The van der Waals surface area contributed by atoms with Crippen LogP contribution >= 0.6 is 11.3 Å². The number of anilines is 1. The number of esters is 1. The first kappa shape index (κ1) is 31.2. The molecule has 3 rings (SSSR count). The Morgan fingerprint density at radius 1 is 1.34 bits per heavy atom. The molecule has 0 saturated carbocycles. The maximum Gasteiger partial charge on any atom is 1.00 e. The van der Waals surface area contributed by atoms with Crippen molar-refractivity contribution in [3.63, 3.8) is 0 Å². The summed E-state index contributed by atoms with van der Waals surface area (Å²) in [5, 5.41) is 30.3. The van der Waals surface area contributed by atoms with Gasteiger partial charge >= 0.3 is 65.1 Å². The summed E-state index contributed by atoms with van der Waals surface area (Å²) in [4.78, 5) is 73.7. The fourth-order valence-corrected chi connectivity index (χ4v) is 3.32. The Kier molecular flexibility index (Phi) is 10.7. The molecule has 2 fully saturated rings. The van der Waals surface area contributed by atoms with Crippen molar-refractivity contribution in [3.8, 4) is 0 Å². The van der Waals surface area contributed by atoms with Crippen molar-refractivity contribution in [1.29, 1.82) is 0 Å². The number of carbonyl (C=O) groups is 5. The number of aliphatic carboxylic acids is 2. The van der Waals surface area contributed by atoms with Crippen molar-refractivity contribution < 1.29 is 108 Å². The Labute approximate surface area is 245 Å². The molecule has 1 aromatic rings. The van der Waals surface area contributed by atoms with Gasteiger partial charge in [-0.25, -0.2) is 4.98 Å². The summed E-state index contributed by atoms with van der Waals surface area (Å²) in [6, 6.07) is -1.41. The quantitative estimate of drug-likeness (QED) is 0.139. The second-order valence-electron chi connectivity index (χ2n) is 7.40. The Morgan fingerprint density at radius 2 is 2.00 bits per heavy atom. The zero-order chi connectivity index (χ0) is 24.6. The first-order valence-electron chi connectivity index (χ1n) is 9.27. The third-order valence-electron chi connectivity index (χ3n) is 4.61. The third kappa shape index (κ3) is 6.51. The molecule has 1 aromatic heterocycles. The van der Waals surface area contributed by atoms with Crippen molar-refractivity contribution in [2.24, 2.45) is 5.16 Å². The van der Waals surface area contributed by atoms with E-state index < -0.39 is 65.8 Å². The summed E-state index contributed by atoms with van der Waals surface area (Å²) in [5.41, 5.74) is 0.588. The van der Waals surface area contributed by atoms with E-state index in [0.29, 0.717) is 5.06 Å². The Morgan fingerprint density at radius 3 is 2.49 bits per heavy atom. The van der Waals surface area contributed by atoms with Crippen molar-refractivity contribution in [2.45, 2.75) is 44.1 Å². The number of nitrogens with zero attached hydrogens (tertiary/aromatic N) is 3. The topological polar surface area (TPSA) is 226 Å². The molecule has 2 atom stereocenters. The van der Waals surface area contributed by atoms with E-state index in [1.165, 1.54) is 5.38 Å². The fourth-order valence-electron chi connectivity index (χ4n) is 2.77. The normalized spacial score (nSPS) is 22.1. The van der Waals surface area contributed by atoms with Gasteiger partial charge in [-0.2, -0.15) is 5.06 Å². The van der Waals surface area contributed by atoms with Crippen LogP contribution in [0.2, 0.25) is 0 Å². The summed E-state index contributed by atoms with van der Waals surface area (Å²) < 4.78 is 4.77. The molecule has 1 unspecified atom stereocenters. The van der Waals surface area contributed by atoms with Gasteiger partial charge < -0.3 is 40.4 Å². The molecule has 3 N–H and O–H groups in total. The Balaban J connectivity index is 0.00000306. The number of thiazole rings is 1. The van der Waals surface area contributed by atoms with E-state index in [2.05, 4.69) is 15.5 Å². The van der Waals surface area contributed by atoms with Gasteiger partial charge in [0.05, 0.1) is 12.4 Å². The van der Waals surface area contributed by atoms with E-state index >= 15 is 0 Å². The molecule has 0 radical (unpaired) electrons. The van der Waals surface area contributed by atoms with E-state index in [1.807, 2.05) is 0 Å². The van der Waals surface area contributed by atoms with E-state index in [1.54, 1.807) is 0 Å². The summed E-state index contributed by atoms with van der Waals surface area (Å²) in [6.07, 6.45) is -0.691. The van der Waals surface area contributed by atoms with Crippen LogP contribution in [0.15, 0.2) is 10.5 Å². The summed E-state index contributed by atoms with van der Waals surface area (Å²) in [5.74, 6) is -6.42. The van der Waals surface area contributed by atoms with Gasteiger partial charge in [0.1, 0.15) is 24.3 Å². The molecule has 18 heteroatoms. The van der Waals surface area contributed by atoms with Gasteiger partial charge in [0, 0.05) is 11.8 Å². The van der Waals surface area contributed by atoms with Crippen LogP contribution in [0.5, 0.6) is 0 Å². The van der Waals surface area contributed by atoms with Crippen LogP contribution in [0.3, 0.4) is 0 Å². The largest absolute Gasteiger partial charge is 1.00 e. The number of nitrogens with one attached hydrogen (secondary N) is 1. The molecule has 3 heterocycles. The number of carboxylic acids is 2. The van der Waals surface area contributed by atoms with Gasteiger partial charge in [-0.3, -0.25) is 19.2 Å². The molecular formula is C17H17N5Na2O10S. The number of oxime groups is 1. The van der Waals surface area contributed by atoms with Crippen LogP contribution in [-0.4, -0.2) is 69.5 Å². The van der Waals surface area contributed by atoms with E-state index in [0.717, 1.165) is 25.2 Å². The predicted molar refractivity (Wildman–Crippen MR) is 101 cm³/mol. The molecule has 0 bridgehead atoms. The van der Waals surface area contributed by atoms with Gasteiger partial charge in [-0.05, 0) is 13.8 Å². The average Bonchev–Trinajstić information content (AvgIpc) is 3.42. The summed E-state index contributed by atoms with van der Waals surface area (Å²) in [7, 11) is 0. The average molecular weight is 529 g/mol. The molecule has 0 aliphatic carbocycles. The van der Waals surface area contributed by atoms with Gasteiger partial charge in [-0.1, -0.05) is 5.16 Å². The second-order valence-corrected chi connectivity index (χ2v) is 8.29. The summed E-state index contributed by atoms with van der Waals surface area (Å²) >= 11 is 0.954. The zero-order valence-electron chi connectivity index (χ0n) is 19.2. The number of hydrogen-bond acceptors (Lipinski definition) is 14. The van der Waals surface area contributed by atoms with E-state index in [9.17, 15) is 34.2 Å². The first-order valence-corrected chi connectivity index (χ1v) is 10.2. The SMILES string of the molecule is CC(C)(O/N=C(\C(=O)N[C@H]1CON(C2(C(=O)[O-])CCC(=O)O2)C1=O)c1csc(N)n1)C(=O)[O-].[Na+].[Na+]. The maximum absolute atomic E-state index is 12.8. The molecule has 2 aliphatic rings. The number of carbonyl (C=O) groups excluding carboxylic acids is 5. The first-order chi connectivity index (χ1) is 15.4. The number of aromatic nitrogens is 1. The third-order valence-corrected chi connectivity index (χ3v) is 5.28. The molecule has 2 aliphatic heterocycles. The molecule has 178 valence electrons. The van der Waals surface area contributed by atoms with Crippen LogP contribution in [0, 0.1) is 0 Å². The molecule has 0 aromatic carbocycles. The number of rotatable bonds is 8. The van der Waals surface area contributed by atoms with Gasteiger partial charge in [0.25, 0.3) is 17.5 Å². The van der Waals surface area contributed by atoms with E-state index in [-0.39, 0.29) is 76.4 Å². The number of amides is 2. The molecule has 15 nitrogen and oxygen atoms in total. The molecular weight excluding hydrogens is 512 g/mol. The Bertz CT molecular complexity index is 1060. The van der Waals surface area contributed by atoms with Gasteiger partial charge in [0.15, 0.2) is 16.4 Å². The van der Waals surface area contributed by atoms with Gasteiger partial charge in [-0.15, -0.1) is 11.3 Å². The number of nitrogen functional groups attached to an aromatic ring is 1. The maximum atomic E-state index is 12.8. The minimum atomic E-state index is -2.46. The number of ether oxygens (including phenoxy) is 1. The fraction of sp³-hybridized carbons (Fsp3) is 0.471. The number of hydroxylamine groups is 2. The Hall–Kier alpha value is -1.79. The monoisotopic (exact) mass is 529 g/mol. The van der Waals surface area contributed by atoms with Crippen molar-refractivity contribution in [2.75, 3.05) is 12.3 Å². The van der Waals surface area contributed by atoms with Crippen LogP contribution in [0.1, 0.15) is 32.4 Å². The predicted octanol–water partition coefficient (Wildman–Crippen LogP) is -9.98. The number of hydrogen-bond donors (Lipinski definition) is 2. The van der Waals surface area contributed by atoms with Crippen molar-refractivity contribution in [3.05, 3.63) is 11.1 Å². The van der Waals surface area contributed by atoms with Crippen molar-refractivity contribution in [1.82, 2.24) is 15.4 Å². The van der Waals surface area contributed by atoms with Crippen LogP contribution in [0.25, 0.3) is 0 Å². The zero-order valence-corrected chi connectivity index (χ0v) is 24.0. The number of carboxylic acid groups (broad SMARTS) is 2. The standard InChI is InChI=1S/C17H19N5O10S.2Na/c1-16(2,13(26)27)32-21-10(8-6-33-15(18)20-8)11(24)19-7-5-30-22(12(7)25)17(14(28)29)4-3-9(23)31-17;;/h6-7H,3-5H2,1-2H3,(H2,18,20)(H,19,24)(H,26,27)(H,28,29);;/q;2*+1/p-2/b21-10-;;/t7-,17?;;/m0../s1. The van der Waals surface area contributed by atoms with Crippen LogP contribution < -0.4 is 80.4 Å². The molecule has 35 heavy (non-hydrogen) atoms. The van der Waals surface area contributed by atoms with Gasteiger partial charge in [0.2, 0.25) is 0 Å². The smallest absolute Gasteiger partial charge is 0.546 e.